The van der Waals surface area contributed by atoms with Crippen LogP contribution in [0.1, 0.15) is 10.4 Å². The van der Waals surface area contributed by atoms with E-state index in [-0.39, 0.29) is 24.8 Å². The number of nitrogens with zero attached hydrogens (tertiary/aromatic N) is 4. The lowest BCUT2D eigenvalue weighted by Gasteiger charge is -2.01. The van der Waals surface area contributed by atoms with Crippen molar-refractivity contribution in [3.05, 3.63) is 28.7 Å². The van der Waals surface area contributed by atoms with Crippen LogP contribution in [0.5, 0.6) is 17.4 Å². The van der Waals surface area contributed by atoms with E-state index >= 15 is 0 Å². The largest absolute Gasteiger partial charge is 0.479 e. The van der Waals surface area contributed by atoms with Crippen LogP contribution in [0, 0.1) is 12.3 Å². The normalized spacial score (nSPS) is 13.2. The molecule has 0 unspecified atom stereocenters. The molecule has 0 spiro atoms. The molecular weight excluding hydrogens is 356 g/mol. The number of amides is 1. The Morgan fingerprint density at radius 1 is 1.46 bits per heavy atom. The summed E-state index contributed by atoms with van der Waals surface area (Å²) in [4.78, 5) is 17.4. The van der Waals surface area contributed by atoms with Gasteiger partial charge in [0.25, 0.3) is 5.91 Å². The van der Waals surface area contributed by atoms with E-state index in [9.17, 15) is 4.79 Å². The molecule has 0 bridgehead atoms. The van der Waals surface area contributed by atoms with Crippen molar-refractivity contribution in [1.82, 2.24) is 14.3 Å². The first-order valence-corrected chi connectivity index (χ1v) is 8.45. The number of benzene rings is 1. The van der Waals surface area contributed by atoms with Crippen LogP contribution >= 0.6 is 11.3 Å². The molecule has 3 aromatic rings. The average molecular weight is 370 g/mol. The number of rotatable bonds is 3. The van der Waals surface area contributed by atoms with Gasteiger partial charge in [-0.2, -0.15) is 4.99 Å². The van der Waals surface area contributed by atoms with Gasteiger partial charge in [-0.25, -0.2) is 0 Å². The van der Waals surface area contributed by atoms with Crippen LogP contribution in [0.25, 0.3) is 10.2 Å². The molecule has 9 heteroatoms. The smallest absolute Gasteiger partial charge is 0.286 e. The summed E-state index contributed by atoms with van der Waals surface area (Å²) in [5, 5.41) is 4.08. The van der Waals surface area contributed by atoms with Crippen LogP contribution in [-0.2, 0) is 13.6 Å². The minimum Gasteiger partial charge on any atom is -0.479 e. The van der Waals surface area contributed by atoms with Crippen molar-refractivity contribution in [2.75, 3.05) is 13.9 Å². The van der Waals surface area contributed by atoms with E-state index < -0.39 is 5.91 Å². The first kappa shape index (κ1) is 16.2. The van der Waals surface area contributed by atoms with Crippen LogP contribution in [-0.4, -0.2) is 34.2 Å². The fraction of sp³-hybridized carbons (Fsp3) is 0.235. The lowest BCUT2D eigenvalue weighted by molar-refractivity contribution is 0.0995. The number of methoxy groups -OCH3 is 1. The van der Waals surface area contributed by atoms with E-state index in [2.05, 4.69) is 16.0 Å². The van der Waals surface area contributed by atoms with Gasteiger partial charge in [0.1, 0.15) is 5.56 Å². The van der Waals surface area contributed by atoms with Crippen LogP contribution in [0.3, 0.4) is 0 Å². The SMILES string of the molecule is C#CCn1c(=NC(=O)c2cn(C)nc2OC)sc2cc3c(cc21)OCO3. The van der Waals surface area contributed by atoms with Crippen molar-refractivity contribution >= 4 is 27.5 Å². The molecule has 4 rings (SSSR count). The number of carbonyl (C=O) groups excluding carboxylic acids is 1. The van der Waals surface area contributed by atoms with Crippen molar-refractivity contribution in [3.8, 4) is 29.7 Å². The number of hydrogen-bond acceptors (Lipinski definition) is 6. The Morgan fingerprint density at radius 2 is 2.23 bits per heavy atom. The molecule has 1 amide bonds. The zero-order valence-electron chi connectivity index (χ0n) is 14.1. The van der Waals surface area contributed by atoms with Gasteiger partial charge in [0.05, 0.1) is 23.9 Å². The molecule has 1 aromatic carbocycles. The molecule has 1 aliphatic heterocycles. The van der Waals surface area contributed by atoms with Gasteiger partial charge in [0.15, 0.2) is 16.3 Å². The quantitative estimate of drug-likeness (QED) is 0.654. The molecule has 0 radical (unpaired) electrons. The molecule has 0 N–H and O–H groups in total. The molecule has 0 aliphatic carbocycles. The molecule has 0 saturated heterocycles. The number of hydrogen-bond donors (Lipinski definition) is 0. The van der Waals surface area contributed by atoms with Crippen molar-refractivity contribution in [2.45, 2.75) is 6.54 Å². The lowest BCUT2D eigenvalue weighted by Crippen LogP contribution is -2.16. The zero-order chi connectivity index (χ0) is 18.3. The van der Waals surface area contributed by atoms with Crippen molar-refractivity contribution < 1.29 is 19.0 Å². The molecule has 132 valence electrons. The monoisotopic (exact) mass is 370 g/mol. The van der Waals surface area contributed by atoms with Gasteiger partial charge in [-0.3, -0.25) is 9.48 Å². The number of carbonyl (C=O) groups is 1. The summed E-state index contributed by atoms with van der Waals surface area (Å²) in [5.74, 6) is 3.68. The highest BCUT2D eigenvalue weighted by molar-refractivity contribution is 7.16. The van der Waals surface area contributed by atoms with Crippen LogP contribution in [0.2, 0.25) is 0 Å². The minimum atomic E-state index is -0.452. The Bertz CT molecular complexity index is 1130. The number of fused-ring (bicyclic) bond motifs is 2. The maximum absolute atomic E-state index is 12.6. The van der Waals surface area contributed by atoms with Crippen LogP contribution in [0.15, 0.2) is 23.3 Å². The highest BCUT2D eigenvalue weighted by Crippen LogP contribution is 2.36. The Hall–Kier alpha value is -3.25. The molecule has 0 atom stereocenters. The molecule has 2 aromatic heterocycles. The van der Waals surface area contributed by atoms with Gasteiger partial charge >= 0.3 is 0 Å². The van der Waals surface area contributed by atoms with E-state index in [1.54, 1.807) is 17.8 Å². The summed E-state index contributed by atoms with van der Waals surface area (Å²) in [7, 11) is 3.16. The third-order valence-electron chi connectivity index (χ3n) is 3.84. The number of aromatic nitrogens is 3. The van der Waals surface area contributed by atoms with Gasteiger partial charge in [-0.05, 0) is 0 Å². The maximum atomic E-state index is 12.6. The van der Waals surface area contributed by atoms with Crippen LogP contribution in [0.4, 0.5) is 0 Å². The molecule has 26 heavy (non-hydrogen) atoms. The molecule has 3 heterocycles. The Kier molecular flexibility index (Phi) is 3.89. The number of thiazole rings is 1. The second kappa shape index (κ2) is 6.24. The molecule has 1 aliphatic rings. The Morgan fingerprint density at radius 3 is 2.96 bits per heavy atom. The predicted octanol–water partition coefficient (Wildman–Crippen LogP) is 1.55. The number of ether oxygens (including phenoxy) is 3. The van der Waals surface area contributed by atoms with E-state index in [0.717, 1.165) is 10.2 Å². The minimum absolute atomic E-state index is 0.193. The molecule has 8 nitrogen and oxygen atoms in total. The number of terminal acetylenes is 1. The third kappa shape index (κ3) is 2.60. The number of aryl methyl sites for hydroxylation is 1. The van der Waals surface area contributed by atoms with Gasteiger partial charge < -0.3 is 18.8 Å². The van der Waals surface area contributed by atoms with E-state index in [0.29, 0.717) is 16.3 Å². The Labute approximate surface area is 152 Å². The molecule has 0 saturated carbocycles. The maximum Gasteiger partial charge on any atom is 0.286 e. The second-order valence-corrected chi connectivity index (χ2v) is 6.50. The summed E-state index contributed by atoms with van der Waals surface area (Å²) in [6.45, 7) is 0.466. The first-order chi connectivity index (χ1) is 12.6. The van der Waals surface area contributed by atoms with Crippen molar-refractivity contribution in [1.29, 1.82) is 0 Å². The van der Waals surface area contributed by atoms with Crippen molar-refractivity contribution in [2.24, 2.45) is 12.0 Å². The van der Waals surface area contributed by atoms with E-state index in [4.69, 9.17) is 20.6 Å². The highest BCUT2D eigenvalue weighted by atomic mass is 32.1. The third-order valence-corrected chi connectivity index (χ3v) is 4.88. The topological polar surface area (TPSA) is 79.9 Å². The van der Waals surface area contributed by atoms with Gasteiger partial charge in [0.2, 0.25) is 12.7 Å². The highest BCUT2D eigenvalue weighted by Gasteiger charge is 2.19. The summed E-state index contributed by atoms with van der Waals surface area (Å²) in [5.41, 5.74) is 1.12. The molecule has 0 fully saturated rings. The molecular formula is C17H14N4O4S. The fourth-order valence-corrected chi connectivity index (χ4v) is 3.74. The Balaban J connectivity index is 1.87. The lowest BCUT2D eigenvalue weighted by atomic mass is 10.3. The average Bonchev–Trinajstić information content (AvgIpc) is 3.31. The van der Waals surface area contributed by atoms with Crippen LogP contribution < -0.4 is 19.0 Å². The summed E-state index contributed by atoms with van der Waals surface area (Å²) in [6.07, 6.45) is 7.07. The van der Waals surface area contributed by atoms with Gasteiger partial charge in [-0.15, -0.1) is 11.5 Å². The standard InChI is InChI=1S/C17H14N4O4S/c1-4-5-21-11-6-12-13(25-9-24-12)7-14(11)26-17(21)18-15(22)10-8-20(2)19-16(10)23-3/h1,6-8H,5,9H2,2-3H3. The fourth-order valence-electron chi connectivity index (χ4n) is 2.70. The second-order valence-electron chi connectivity index (χ2n) is 5.49. The van der Waals surface area contributed by atoms with Crippen molar-refractivity contribution in [3.63, 3.8) is 0 Å². The van der Waals surface area contributed by atoms with E-state index in [1.807, 2.05) is 12.1 Å². The summed E-state index contributed by atoms with van der Waals surface area (Å²) in [6, 6.07) is 3.71. The summed E-state index contributed by atoms with van der Waals surface area (Å²) >= 11 is 1.35. The zero-order valence-corrected chi connectivity index (χ0v) is 14.9. The predicted molar refractivity (Wildman–Crippen MR) is 94.4 cm³/mol. The summed E-state index contributed by atoms with van der Waals surface area (Å²) < 4.78 is 20.2. The van der Waals surface area contributed by atoms with Gasteiger partial charge in [-0.1, -0.05) is 17.3 Å². The van der Waals surface area contributed by atoms with E-state index in [1.165, 1.54) is 23.1 Å². The first-order valence-electron chi connectivity index (χ1n) is 7.64. The van der Waals surface area contributed by atoms with Gasteiger partial charge in [0, 0.05) is 25.4 Å².